The maximum Gasteiger partial charge on any atom is 0.508 e. The van der Waals surface area contributed by atoms with E-state index in [0.717, 1.165) is 0 Å². The number of hydrogen-bond acceptors (Lipinski definition) is 6. The Labute approximate surface area is 95.1 Å². The van der Waals surface area contributed by atoms with Crippen molar-refractivity contribution in [1.29, 1.82) is 0 Å². The molecule has 16 heavy (non-hydrogen) atoms. The summed E-state index contributed by atoms with van der Waals surface area (Å²) in [6, 6.07) is 0. The van der Waals surface area contributed by atoms with Gasteiger partial charge in [-0.15, -0.1) is 0 Å². The molecule has 3 unspecified atom stereocenters. The highest BCUT2D eigenvalue weighted by molar-refractivity contribution is 5.61. The molecule has 1 aliphatic heterocycles. The second kappa shape index (κ2) is 8.32. The fourth-order valence-corrected chi connectivity index (χ4v) is 0.774. The Kier molecular flexibility index (Phi) is 7.88. The van der Waals surface area contributed by atoms with Gasteiger partial charge in [0.15, 0.2) is 0 Å². The molecule has 0 aromatic heterocycles. The zero-order chi connectivity index (χ0) is 12.6. The number of rotatable bonds is 4. The number of carbonyl (C=O) groups excluding carboxylic acids is 1. The average molecular weight is 236 g/mol. The first kappa shape index (κ1) is 15.2. The van der Waals surface area contributed by atoms with Gasteiger partial charge >= 0.3 is 6.16 Å². The Morgan fingerprint density at radius 3 is 2.44 bits per heavy atom. The van der Waals surface area contributed by atoms with E-state index in [4.69, 9.17) is 14.9 Å². The minimum absolute atomic E-state index is 0.00667. The Hall–Kier alpha value is -0.850. The topological polar surface area (TPSA) is 85.2 Å². The molecule has 0 spiro atoms. The summed E-state index contributed by atoms with van der Waals surface area (Å²) < 4.78 is 13.9. The summed E-state index contributed by atoms with van der Waals surface area (Å²) in [5.74, 6) is 0. The van der Waals surface area contributed by atoms with Gasteiger partial charge in [0.25, 0.3) is 0 Å². The highest BCUT2D eigenvalue weighted by Crippen LogP contribution is 2.02. The summed E-state index contributed by atoms with van der Waals surface area (Å²) in [6.45, 7) is 5.88. The van der Waals surface area contributed by atoms with Gasteiger partial charge in [0.2, 0.25) is 0 Å². The molecule has 1 fully saturated rings. The van der Waals surface area contributed by atoms with Gasteiger partial charge in [0.05, 0.1) is 25.4 Å². The molecule has 6 heteroatoms. The maximum absolute atomic E-state index is 10.0. The third-order valence-electron chi connectivity index (χ3n) is 1.61. The third kappa shape index (κ3) is 8.46. The summed E-state index contributed by atoms with van der Waals surface area (Å²) in [5, 5.41) is 17.1. The van der Waals surface area contributed by atoms with E-state index in [1.165, 1.54) is 0 Å². The van der Waals surface area contributed by atoms with Crippen LogP contribution in [0, 0.1) is 0 Å². The summed E-state index contributed by atoms with van der Waals surface area (Å²) in [5.41, 5.74) is 0. The molecule has 0 amide bonds. The van der Waals surface area contributed by atoms with Crippen LogP contribution in [0.15, 0.2) is 0 Å². The second-order valence-corrected chi connectivity index (χ2v) is 3.67. The largest absolute Gasteiger partial charge is 0.508 e. The number of ether oxygens (including phenoxy) is 3. The SMILES string of the molecule is CC(O)COC(C)CO.CC1COC(=O)O1. The number of aliphatic hydroxyl groups excluding tert-OH is 2. The van der Waals surface area contributed by atoms with Crippen molar-refractivity contribution in [3.8, 4) is 0 Å². The molecule has 3 atom stereocenters. The normalized spacial score (nSPS) is 22.6. The molecule has 0 aromatic rings. The standard InChI is InChI=1S/C6H14O3.C4H6O3/c1-5(8)4-9-6(2)3-7;1-3-2-6-4(5)7-3/h5-8H,3-4H2,1-2H3;3H,2H2,1H3. The van der Waals surface area contributed by atoms with Crippen LogP contribution in [0.25, 0.3) is 0 Å². The van der Waals surface area contributed by atoms with Gasteiger partial charge in [-0.2, -0.15) is 0 Å². The monoisotopic (exact) mass is 236 g/mol. The average Bonchev–Trinajstić information content (AvgIpc) is 2.59. The van der Waals surface area contributed by atoms with Crippen molar-refractivity contribution >= 4 is 6.16 Å². The third-order valence-corrected chi connectivity index (χ3v) is 1.61. The lowest BCUT2D eigenvalue weighted by atomic mass is 10.4. The van der Waals surface area contributed by atoms with Crippen LogP contribution < -0.4 is 0 Å². The molecular formula is C10H20O6. The van der Waals surface area contributed by atoms with Crippen LogP contribution in [0.5, 0.6) is 0 Å². The van der Waals surface area contributed by atoms with Crippen LogP contribution in [0.2, 0.25) is 0 Å². The molecule has 1 rings (SSSR count). The van der Waals surface area contributed by atoms with Crippen molar-refractivity contribution in [2.75, 3.05) is 19.8 Å². The van der Waals surface area contributed by atoms with Gasteiger partial charge in [-0.05, 0) is 20.8 Å². The van der Waals surface area contributed by atoms with Crippen LogP contribution in [-0.2, 0) is 14.2 Å². The predicted molar refractivity (Wildman–Crippen MR) is 56.1 cm³/mol. The Balaban J connectivity index is 0.000000288. The smallest absolute Gasteiger partial charge is 0.430 e. The quantitative estimate of drug-likeness (QED) is 0.683. The maximum atomic E-state index is 10.0. The number of cyclic esters (lactones) is 2. The lowest BCUT2D eigenvalue weighted by molar-refractivity contribution is -0.0177. The van der Waals surface area contributed by atoms with E-state index >= 15 is 0 Å². The summed E-state index contributed by atoms with van der Waals surface area (Å²) in [7, 11) is 0. The summed E-state index contributed by atoms with van der Waals surface area (Å²) >= 11 is 0. The van der Waals surface area contributed by atoms with Crippen LogP contribution >= 0.6 is 0 Å². The Morgan fingerprint density at radius 1 is 1.56 bits per heavy atom. The lowest BCUT2D eigenvalue weighted by Gasteiger charge is -2.10. The molecule has 0 bridgehead atoms. The molecule has 1 heterocycles. The first-order valence-electron chi connectivity index (χ1n) is 5.19. The summed E-state index contributed by atoms with van der Waals surface area (Å²) in [4.78, 5) is 10.0. The minimum atomic E-state index is -0.549. The fourth-order valence-electron chi connectivity index (χ4n) is 0.774. The first-order valence-corrected chi connectivity index (χ1v) is 5.19. The molecule has 2 N–H and O–H groups in total. The number of carbonyl (C=O) groups is 1. The van der Waals surface area contributed by atoms with Crippen LogP contribution in [0.4, 0.5) is 4.79 Å². The van der Waals surface area contributed by atoms with Crippen molar-refractivity contribution in [1.82, 2.24) is 0 Å². The van der Waals surface area contributed by atoms with Crippen molar-refractivity contribution in [2.24, 2.45) is 0 Å². The van der Waals surface area contributed by atoms with Gasteiger partial charge in [0, 0.05) is 0 Å². The summed E-state index contributed by atoms with van der Waals surface area (Å²) in [6.07, 6.45) is -1.21. The lowest BCUT2D eigenvalue weighted by Crippen LogP contribution is -2.19. The van der Waals surface area contributed by atoms with E-state index in [0.29, 0.717) is 13.2 Å². The zero-order valence-electron chi connectivity index (χ0n) is 9.88. The van der Waals surface area contributed by atoms with Gasteiger partial charge in [-0.1, -0.05) is 0 Å². The number of aliphatic hydroxyl groups is 2. The van der Waals surface area contributed by atoms with E-state index < -0.39 is 12.3 Å². The fraction of sp³-hybridized carbons (Fsp3) is 0.900. The van der Waals surface area contributed by atoms with E-state index in [-0.39, 0.29) is 18.8 Å². The molecule has 1 aliphatic rings. The molecule has 0 radical (unpaired) electrons. The Morgan fingerprint density at radius 2 is 2.19 bits per heavy atom. The predicted octanol–water partition coefficient (Wildman–Crippen LogP) is 0.306. The van der Waals surface area contributed by atoms with Crippen molar-refractivity contribution < 1.29 is 29.2 Å². The van der Waals surface area contributed by atoms with Gasteiger partial charge in [-0.3, -0.25) is 0 Å². The Bertz CT molecular complexity index is 194. The van der Waals surface area contributed by atoms with E-state index in [1.54, 1.807) is 20.8 Å². The van der Waals surface area contributed by atoms with Gasteiger partial charge in [0.1, 0.15) is 12.7 Å². The molecule has 1 saturated heterocycles. The highest BCUT2D eigenvalue weighted by atomic mass is 16.8. The molecule has 0 saturated carbocycles. The van der Waals surface area contributed by atoms with Crippen molar-refractivity contribution in [3.63, 3.8) is 0 Å². The molecular weight excluding hydrogens is 216 g/mol. The zero-order valence-corrected chi connectivity index (χ0v) is 9.88. The molecule has 6 nitrogen and oxygen atoms in total. The van der Waals surface area contributed by atoms with E-state index in [9.17, 15) is 4.79 Å². The van der Waals surface area contributed by atoms with Gasteiger partial charge in [-0.25, -0.2) is 4.79 Å². The van der Waals surface area contributed by atoms with Crippen LogP contribution in [0.3, 0.4) is 0 Å². The van der Waals surface area contributed by atoms with Gasteiger partial charge < -0.3 is 24.4 Å². The van der Waals surface area contributed by atoms with E-state index in [1.807, 2.05) is 0 Å². The van der Waals surface area contributed by atoms with Crippen LogP contribution in [-0.4, -0.2) is 54.5 Å². The first-order chi connectivity index (χ1) is 7.45. The van der Waals surface area contributed by atoms with Crippen molar-refractivity contribution in [3.05, 3.63) is 0 Å². The highest BCUT2D eigenvalue weighted by Gasteiger charge is 2.19. The minimum Gasteiger partial charge on any atom is -0.430 e. The van der Waals surface area contributed by atoms with Crippen molar-refractivity contribution in [2.45, 2.75) is 39.1 Å². The molecule has 96 valence electrons. The van der Waals surface area contributed by atoms with Crippen LogP contribution in [0.1, 0.15) is 20.8 Å². The van der Waals surface area contributed by atoms with E-state index in [2.05, 4.69) is 9.47 Å². The number of hydrogen-bond donors (Lipinski definition) is 2. The second-order valence-electron chi connectivity index (χ2n) is 3.67. The molecule has 0 aromatic carbocycles. The molecule has 0 aliphatic carbocycles.